The zero-order valence-electron chi connectivity index (χ0n) is 15.7. The third-order valence-corrected chi connectivity index (χ3v) is 4.80. The number of ether oxygens (including phenoxy) is 1. The van der Waals surface area contributed by atoms with Crippen LogP contribution in [0.15, 0.2) is 18.2 Å². The van der Waals surface area contributed by atoms with Gasteiger partial charge >= 0.3 is 0 Å². The van der Waals surface area contributed by atoms with E-state index >= 15 is 0 Å². The molecule has 1 aromatic rings. The van der Waals surface area contributed by atoms with E-state index in [0.29, 0.717) is 24.4 Å². The molecule has 0 unspecified atom stereocenters. The van der Waals surface area contributed by atoms with E-state index in [1.807, 2.05) is 19.1 Å². The lowest BCUT2D eigenvalue weighted by Gasteiger charge is -2.24. The van der Waals surface area contributed by atoms with Gasteiger partial charge in [0.05, 0.1) is 6.10 Å². The Kier molecular flexibility index (Phi) is 6.81. The fourth-order valence-electron chi connectivity index (χ4n) is 3.47. The van der Waals surface area contributed by atoms with E-state index in [1.165, 1.54) is 5.56 Å². The second kappa shape index (κ2) is 8.63. The van der Waals surface area contributed by atoms with Gasteiger partial charge in [0.25, 0.3) is 0 Å². The Morgan fingerprint density at radius 1 is 1.29 bits per heavy atom. The van der Waals surface area contributed by atoms with Gasteiger partial charge < -0.3 is 15.4 Å². The molecular weight excluding hydrogens is 300 g/mol. The molecule has 0 radical (unpaired) electrons. The van der Waals surface area contributed by atoms with Gasteiger partial charge in [-0.25, -0.2) is 0 Å². The van der Waals surface area contributed by atoms with E-state index in [2.05, 4.69) is 44.4 Å². The van der Waals surface area contributed by atoms with Crippen LogP contribution in [0.4, 0.5) is 5.69 Å². The van der Waals surface area contributed by atoms with Crippen molar-refractivity contribution in [3.8, 4) is 0 Å². The van der Waals surface area contributed by atoms with E-state index in [0.717, 1.165) is 30.8 Å². The summed E-state index contributed by atoms with van der Waals surface area (Å²) in [6, 6.07) is 6.24. The average molecular weight is 332 g/mol. The molecule has 3 atom stereocenters. The van der Waals surface area contributed by atoms with E-state index in [1.54, 1.807) is 0 Å². The first kappa shape index (κ1) is 18.9. The van der Waals surface area contributed by atoms with Crippen LogP contribution >= 0.6 is 0 Å². The number of benzene rings is 1. The molecule has 1 aromatic carbocycles. The van der Waals surface area contributed by atoms with E-state index in [-0.39, 0.29) is 11.9 Å². The third kappa shape index (κ3) is 5.32. The summed E-state index contributed by atoms with van der Waals surface area (Å²) in [7, 11) is 0. The van der Waals surface area contributed by atoms with Gasteiger partial charge in [0.2, 0.25) is 5.91 Å². The van der Waals surface area contributed by atoms with Crippen LogP contribution < -0.4 is 10.6 Å². The molecule has 0 spiro atoms. The van der Waals surface area contributed by atoms with Crippen molar-refractivity contribution in [1.82, 2.24) is 5.32 Å². The largest absolute Gasteiger partial charge is 0.378 e. The molecule has 2 rings (SSSR count). The first-order valence-electron chi connectivity index (χ1n) is 9.09. The molecule has 4 nitrogen and oxygen atoms in total. The summed E-state index contributed by atoms with van der Waals surface area (Å²) in [5.74, 6) is 1.15. The normalized spacial score (nSPS) is 21.9. The highest BCUT2D eigenvalue weighted by atomic mass is 16.5. The molecule has 1 saturated heterocycles. The van der Waals surface area contributed by atoms with Crippen LogP contribution in [0.2, 0.25) is 0 Å². The first-order chi connectivity index (χ1) is 11.4. The van der Waals surface area contributed by atoms with Crippen LogP contribution in [0.25, 0.3) is 0 Å². The van der Waals surface area contributed by atoms with Crippen molar-refractivity contribution in [2.24, 2.45) is 11.8 Å². The Morgan fingerprint density at radius 3 is 2.71 bits per heavy atom. The third-order valence-electron chi connectivity index (χ3n) is 4.80. The number of rotatable bonds is 7. The quantitative estimate of drug-likeness (QED) is 0.801. The van der Waals surface area contributed by atoms with Gasteiger partial charge in [0.15, 0.2) is 0 Å². The lowest BCUT2D eigenvalue weighted by molar-refractivity contribution is -0.116. The number of nitrogens with one attached hydrogen (secondary N) is 2. The van der Waals surface area contributed by atoms with Gasteiger partial charge in [-0.15, -0.1) is 0 Å². The molecule has 4 heteroatoms. The smallest absolute Gasteiger partial charge is 0.225 e. The monoisotopic (exact) mass is 332 g/mol. The van der Waals surface area contributed by atoms with Crippen molar-refractivity contribution in [3.63, 3.8) is 0 Å². The number of hydrogen-bond acceptors (Lipinski definition) is 3. The Balaban J connectivity index is 1.77. The van der Waals surface area contributed by atoms with Crippen molar-refractivity contribution < 1.29 is 9.53 Å². The van der Waals surface area contributed by atoms with Crippen molar-refractivity contribution in [2.45, 2.75) is 59.6 Å². The maximum Gasteiger partial charge on any atom is 0.225 e. The van der Waals surface area contributed by atoms with Gasteiger partial charge in [-0.3, -0.25) is 4.79 Å². The second-order valence-electron chi connectivity index (χ2n) is 7.51. The second-order valence-corrected chi connectivity index (χ2v) is 7.51. The highest BCUT2D eigenvalue weighted by Gasteiger charge is 2.30. The van der Waals surface area contributed by atoms with Gasteiger partial charge in [-0.2, -0.15) is 0 Å². The molecule has 0 aliphatic carbocycles. The van der Waals surface area contributed by atoms with E-state index < -0.39 is 0 Å². The number of amides is 1. The van der Waals surface area contributed by atoms with Gasteiger partial charge in [-0.05, 0) is 50.7 Å². The Labute approximate surface area is 146 Å². The predicted molar refractivity (Wildman–Crippen MR) is 99.3 cm³/mol. The average Bonchev–Trinajstić information content (AvgIpc) is 2.97. The lowest BCUT2D eigenvalue weighted by Crippen LogP contribution is -2.37. The van der Waals surface area contributed by atoms with Crippen LogP contribution in [0.5, 0.6) is 0 Å². The van der Waals surface area contributed by atoms with Crippen molar-refractivity contribution in [2.75, 3.05) is 18.5 Å². The molecule has 1 amide bonds. The molecule has 0 bridgehead atoms. The van der Waals surface area contributed by atoms with Crippen molar-refractivity contribution >= 4 is 11.6 Å². The molecule has 0 saturated carbocycles. The number of anilines is 1. The Bertz CT molecular complexity index is 557. The van der Waals surface area contributed by atoms with Crippen LogP contribution in [0.1, 0.15) is 44.7 Å². The Morgan fingerprint density at radius 2 is 2.04 bits per heavy atom. The van der Waals surface area contributed by atoms with Crippen LogP contribution in [-0.2, 0) is 9.53 Å². The summed E-state index contributed by atoms with van der Waals surface area (Å²) in [6.45, 7) is 12.4. The fourth-order valence-corrected chi connectivity index (χ4v) is 3.47. The number of carbonyl (C=O) groups is 1. The lowest BCUT2D eigenvalue weighted by atomic mass is 9.93. The molecule has 1 aliphatic heterocycles. The highest BCUT2D eigenvalue weighted by Crippen LogP contribution is 2.26. The SMILES string of the molecule is Cc1ccc(NC(=O)C[C@H](C)NC[C@H]2CCO[C@@H]2C(C)C)c(C)c1. The zero-order valence-corrected chi connectivity index (χ0v) is 15.7. The van der Waals surface area contributed by atoms with E-state index in [4.69, 9.17) is 4.74 Å². The standard InChI is InChI=1S/C20H32N2O2/c1-13(2)20-17(8-9-24-20)12-21-16(5)11-19(23)22-18-7-6-14(3)10-15(18)4/h6-7,10,13,16-17,20-21H,8-9,11-12H2,1-5H3,(H,22,23)/t16-,17+,20+/m0/s1. The summed E-state index contributed by atoms with van der Waals surface area (Å²) >= 11 is 0. The van der Waals surface area contributed by atoms with Crippen molar-refractivity contribution in [1.29, 1.82) is 0 Å². The first-order valence-corrected chi connectivity index (χ1v) is 9.09. The van der Waals surface area contributed by atoms with E-state index in [9.17, 15) is 4.79 Å². The highest BCUT2D eigenvalue weighted by molar-refractivity contribution is 5.91. The number of carbonyl (C=O) groups excluding carboxylic acids is 1. The van der Waals surface area contributed by atoms with Crippen LogP contribution in [-0.4, -0.2) is 31.2 Å². The molecule has 134 valence electrons. The van der Waals surface area contributed by atoms with Gasteiger partial charge in [-0.1, -0.05) is 31.5 Å². The van der Waals surface area contributed by atoms with Gasteiger partial charge in [0.1, 0.15) is 0 Å². The Hall–Kier alpha value is -1.39. The minimum atomic E-state index is 0.0602. The zero-order chi connectivity index (χ0) is 17.7. The predicted octanol–water partition coefficient (Wildman–Crippen LogP) is 3.67. The molecule has 1 heterocycles. The molecule has 0 aromatic heterocycles. The van der Waals surface area contributed by atoms with Gasteiger partial charge in [0, 0.05) is 31.3 Å². The summed E-state index contributed by atoms with van der Waals surface area (Å²) < 4.78 is 5.82. The molecule has 2 N–H and O–H groups in total. The summed E-state index contributed by atoms with van der Waals surface area (Å²) in [6.07, 6.45) is 1.93. The summed E-state index contributed by atoms with van der Waals surface area (Å²) in [4.78, 5) is 12.3. The number of aryl methyl sites for hydroxylation is 2. The summed E-state index contributed by atoms with van der Waals surface area (Å²) in [5.41, 5.74) is 3.22. The number of hydrogen-bond donors (Lipinski definition) is 2. The summed E-state index contributed by atoms with van der Waals surface area (Å²) in [5, 5.41) is 6.53. The maximum absolute atomic E-state index is 12.3. The molecule has 24 heavy (non-hydrogen) atoms. The molecule has 1 fully saturated rings. The van der Waals surface area contributed by atoms with Crippen LogP contribution in [0, 0.1) is 25.7 Å². The van der Waals surface area contributed by atoms with Crippen LogP contribution in [0.3, 0.4) is 0 Å². The molecular formula is C20H32N2O2. The fraction of sp³-hybridized carbons (Fsp3) is 0.650. The minimum absolute atomic E-state index is 0.0602. The minimum Gasteiger partial charge on any atom is -0.378 e. The topological polar surface area (TPSA) is 50.4 Å². The van der Waals surface area contributed by atoms with Crippen molar-refractivity contribution in [3.05, 3.63) is 29.3 Å². The maximum atomic E-state index is 12.3. The molecule has 1 aliphatic rings.